The molecule has 2 aliphatic heterocycles. The molecule has 278 valence electrons. The van der Waals surface area contributed by atoms with Crippen molar-refractivity contribution in [3.8, 4) is 0 Å². The summed E-state index contributed by atoms with van der Waals surface area (Å²) in [5.74, 6) is 0.0637. The second-order valence-corrected chi connectivity index (χ2v) is 14.9. The Morgan fingerprint density at radius 3 is 1.90 bits per heavy atom. The fourth-order valence-electron chi connectivity index (χ4n) is 4.93. The number of carbonyl (C=O) groups excluding carboxylic acids is 4. The number of Topliss-reactive ketones (excluding diaryl/α,β-unsaturated/α-hetero) is 1. The van der Waals surface area contributed by atoms with E-state index in [2.05, 4.69) is 11.9 Å². The Labute approximate surface area is 309 Å². The highest BCUT2D eigenvalue weighted by atomic mass is 35.5. The van der Waals surface area contributed by atoms with Gasteiger partial charge < -0.3 is 24.4 Å². The van der Waals surface area contributed by atoms with Crippen LogP contribution in [-0.4, -0.2) is 71.7 Å². The van der Waals surface area contributed by atoms with Crippen LogP contribution in [0.1, 0.15) is 92.2 Å². The molecule has 0 aromatic heterocycles. The highest BCUT2D eigenvalue weighted by Crippen LogP contribution is 2.23. The van der Waals surface area contributed by atoms with Gasteiger partial charge in [0.05, 0.1) is 0 Å². The average molecular weight is 736 g/mol. The number of carbonyl (C=O) groups is 4. The summed E-state index contributed by atoms with van der Waals surface area (Å²) in [7, 11) is 0. The summed E-state index contributed by atoms with van der Waals surface area (Å²) in [4.78, 5) is 49.3. The van der Waals surface area contributed by atoms with E-state index in [4.69, 9.17) is 37.4 Å². The molecule has 50 heavy (non-hydrogen) atoms. The zero-order chi connectivity index (χ0) is 36.6. The number of nitrogens with one attached hydrogen (secondary N) is 1. The first-order chi connectivity index (χ1) is 22.9. The Kier molecular flexibility index (Phi) is 19.4. The van der Waals surface area contributed by atoms with Crippen molar-refractivity contribution in [2.45, 2.75) is 117 Å². The smallest absolute Gasteiger partial charge is 0.410 e. The second kappa shape index (κ2) is 21.7. The first-order valence-electron chi connectivity index (χ1n) is 16.7. The normalized spacial score (nSPS) is 16.3. The number of likely N-dealkylation sites (tertiary alicyclic amines) is 1. The number of halogens is 2. The minimum Gasteiger partial charge on any atom is -0.444 e. The van der Waals surface area contributed by atoms with Gasteiger partial charge in [-0.25, -0.2) is 9.59 Å². The highest BCUT2D eigenvalue weighted by molar-refractivity contribution is 6.30. The summed E-state index contributed by atoms with van der Waals surface area (Å²) >= 11 is 11.7. The van der Waals surface area contributed by atoms with Crippen molar-refractivity contribution >= 4 is 47.0 Å². The number of piperidine rings is 1. The number of rotatable bonds is 8. The Bertz CT molecular complexity index is 1360. The molecule has 1 N–H and O–H groups in total. The highest BCUT2D eigenvalue weighted by Gasteiger charge is 2.33. The predicted molar refractivity (Wildman–Crippen MR) is 201 cm³/mol. The van der Waals surface area contributed by atoms with Gasteiger partial charge in [-0.05, 0) is 109 Å². The number of ether oxygens (including phenoxy) is 3. The molecule has 2 atom stereocenters. The van der Waals surface area contributed by atoms with Gasteiger partial charge >= 0.3 is 12.2 Å². The van der Waals surface area contributed by atoms with Crippen LogP contribution in [0.4, 0.5) is 9.59 Å². The van der Waals surface area contributed by atoms with Gasteiger partial charge in [0.1, 0.15) is 17.0 Å². The topological polar surface area (TPSA) is 111 Å². The van der Waals surface area contributed by atoms with E-state index in [0.717, 1.165) is 24.3 Å². The van der Waals surface area contributed by atoms with E-state index >= 15 is 0 Å². The largest absolute Gasteiger partial charge is 0.444 e. The third-order valence-electron chi connectivity index (χ3n) is 7.17. The molecule has 4 rings (SSSR count). The molecule has 0 spiro atoms. The van der Waals surface area contributed by atoms with Crippen LogP contribution in [0.5, 0.6) is 0 Å². The number of ketones is 2. The van der Waals surface area contributed by atoms with E-state index in [1.165, 1.54) is 18.9 Å². The number of nitrogens with zero attached hydrogens (tertiary/aromatic N) is 1. The van der Waals surface area contributed by atoms with Crippen LogP contribution in [0.3, 0.4) is 0 Å². The maximum atomic E-state index is 12.3. The molecule has 2 aromatic carbocycles. The number of hydrogen-bond acceptors (Lipinski definition) is 7. The Balaban J connectivity index is 0.000000430. The molecule has 11 heteroatoms. The lowest BCUT2D eigenvalue weighted by Crippen LogP contribution is -2.49. The van der Waals surface area contributed by atoms with Crippen LogP contribution in [0.15, 0.2) is 61.2 Å². The maximum Gasteiger partial charge on any atom is 0.410 e. The molecule has 0 aliphatic carbocycles. The monoisotopic (exact) mass is 734 g/mol. The Hall–Kier alpha value is -3.40. The first-order valence-corrected chi connectivity index (χ1v) is 17.4. The average Bonchev–Trinajstić information content (AvgIpc) is 3.59. The third-order valence-corrected chi connectivity index (χ3v) is 7.67. The van der Waals surface area contributed by atoms with Gasteiger partial charge in [0.25, 0.3) is 0 Å². The van der Waals surface area contributed by atoms with Gasteiger partial charge in [-0.2, -0.15) is 0 Å². The predicted octanol–water partition coefficient (Wildman–Crippen LogP) is 9.21. The maximum absolute atomic E-state index is 12.3. The molecular weight excluding hydrogens is 679 g/mol. The lowest BCUT2D eigenvalue weighted by Gasteiger charge is -2.36. The Morgan fingerprint density at radius 2 is 1.44 bits per heavy atom. The molecule has 2 amide bonds. The van der Waals surface area contributed by atoms with E-state index in [1.807, 2.05) is 57.2 Å². The minimum absolute atomic E-state index is 0. The van der Waals surface area contributed by atoms with Gasteiger partial charge in [0.15, 0.2) is 5.78 Å². The van der Waals surface area contributed by atoms with Crippen LogP contribution >= 0.6 is 23.2 Å². The van der Waals surface area contributed by atoms with Crippen molar-refractivity contribution in [3.05, 3.63) is 82.4 Å². The zero-order valence-corrected chi connectivity index (χ0v) is 31.2. The lowest BCUT2D eigenvalue weighted by molar-refractivity contribution is -0.123. The van der Waals surface area contributed by atoms with Crippen LogP contribution in [0, 0.1) is 0 Å². The van der Waals surface area contributed by atoms with E-state index < -0.39 is 17.3 Å². The van der Waals surface area contributed by atoms with Crippen molar-refractivity contribution in [1.29, 1.82) is 0 Å². The van der Waals surface area contributed by atoms with Crippen molar-refractivity contribution in [1.82, 2.24) is 10.2 Å². The van der Waals surface area contributed by atoms with Crippen LogP contribution in [0.2, 0.25) is 10.0 Å². The van der Waals surface area contributed by atoms with Gasteiger partial charge in [0, 0.05) is 61.1 Å². The molecular formula is C39H56Cl2N2O7. The SMILES string of the molecule is C.C1CCOC1.C=CC(=O)C[C@H](Cc1ccc(Cl)cc1)NC(=O)OC(C)(C)C.CC(C)(C)OC(=O)N1CCC(=O)C[C@@H]1Cc1ccc(Cl)cc1. The summed E-state index contributed by atoms with van der Waals surface area (Å²) in [6, 6.07) is 14.3. The molecule has 2 fully saturated rings. The number of allylic oxidation sites excluding steroid dienone is 1. The minimum atomic E-state index is -0.586. The summed E-state index contributed by atoms with van der Waals surface area (Å²) in [6.07, 6.45) is 5.01. The van der Waals surface area contributed by atoms with Crippen molar-refractivity contribution in [2.24, 2.45) is 0 Å². The van der Waals surface area contributed by atoms with Crippen molar-refractivity contribution < 1.29 is 33.4 Å². The molecule has 2 heterocycles. The zero-order valence-electron chi connectivity index (χ0n) is 29.7. The fraction of sp³-hybridized carbons (Fsp3) is 0.538. The molecule has 0 radical (unpaired) electrons. The van der Waals surface area contributed by atoms with Crippen LogP contribution in [0.25, 0.3) is 0 Å². The van der Waals surface area contributed by atoms with E-state index in [-0.39, 0.29) is 43.6 Å². The number of alkyl carbamates (subject to hydrolysis) is 1. The van der Waals surface area contributed by atoms with E-state index in [1.54, 1.807) is 37.8 Å². The third kappa shape index (κ3) is 19.1. The van der Waals surface area contributed by atoms with E-state index in [9.17, 15) is 19.2 Å². The quantitative estimate of drug-likeness (QED) is 0.269. The molecule has 2 aromatic rings. The molecule has 2 aliphatic rings. The van der Waals surface area contributed by atoms with Crippen LogP contribution in [-0.2, 0) is 36.6 Å². The first kappa shape index (κ1) is 44.6. The van der Waals surface area contributed by atoms with Gasteiger partial charge in [0.2, 0.25) is 0 Å². The number of hydrogen-bond donors (Lipinski definition) is 1. The molecule has 0 unspecified atom stereocenters. The summed E-state index contributed by atoms with van der Waals surface area (Å²) in [5, 5.41) is 4.05. The standard InChI is InChI=1S/2C17H22ClNO3.C4H8O.CH4/c1-17(2,3)22-16(21)19-9-8-15(20)11-14(19)10-12-4-6-13(18)7-5-12;1-5-15(20)11-14(19-16(21)22-17(2,3)4)10-12-6-8-13(18)9-7-12;1-2-4-5-3-1;/h4-7,14H,8-11H2,1-3H3;5-9,14H,1,10-11H2,2-4H3,(H,19,21);1-4H2;1H4/t2*14-;;/m00../s1. The Morgan fingerprint density at radius 1 is 0.920 bits per heavy atom. The van der Waals surface area contributed by atoms with Crippen molar-refractivity contribution in [3.63, 3.8) is 0 Å². The fourth-order valence-corrected chi connectivity index (χ4v) is 5.18. The summed E-state index contributed by atoms with van der Waals surface area (Å²) in [5.41, 5.74) is 0.903. The number of benzene rings is 2. The number of amides is 2. The molecule has 9 nitrogen and oxygen atoms in total. The summed E-state index contributed by atoms with van der Waals surface area (Å²) in [6.45, 7) is 16.8. The molecule has 0 saturated carbocycles. The van der Waals surface area contributed by atoms with Crippen molar-refractivity contribution in [2.75, 3.05) is 19.8 Å². The molecule has 0 bridgehead atoms. The van der Waals surface area contributed by atoms with Gasteiger partial charge in [-0.15, -0.1) is 0 Å². The summed E-state index contributed by atoms with van der Waals surface area (Å²) < 4.78 is 15.6. The molecule has 2 saturated heterocycles. The van der Waals surface area contributed by atoms with Gasteiger partial charge in [-0.1, -0.05) is 61.5 Å². The van der Waals surface area contributed by atoms with Gasteiger partial charge in [-0.3, -0.25) is 9.59 Å². The van der Waals surface area contributed by atoms with E-state index in [0.29, 0.717) is 42.3 Å². The lowest BCUT2D eigenvalue weighted by atomic mass is 9.95. The van der Waals surface area contributed by atoms with Crippen LogP contribution < -0.4 is 5.32 Å². The second-order valence-electron chi connectivity index (χ2n) is 14.0.